The number of carbonyl (C=O) groups is 1. The Morgan fingerprint density at radius 3 is 2.32 bits per heavy atom. The van der Waals surface area contributed by atoms with Crippen molar-refractivity contribution in [3.05, 3.63) is 53.1 Å². The Hall–Kier alpha value is -3.41. The molecule has 0 saturated carbocycles. The van der Waals surface area contributed by atoms with Crippen LogP contribution in [-0.4, -0.2) is 35.5 Å². The average Bonchev–Trinajstić information content (AvgIpc) is 2.58. The van der Waals surface area contributed by atoms with Crippen LogP contribution in [0.4, 0.5) is 0 Å². The van der Waals surface area contributed by atoms with Gasteiger partial charge in [-0.1, -0.05) is 18.2 Å². The van der Waals surface area contributed by atoms with Gasteiger partial charge in [-0.3, -0.25) is 0 Å². The van der Waals surface area contributed by atoms with Crippen molar-refractivity contribution < 1.29 is 29.6 Å². The molecule has 6 heteroatoms. The monoisotopic (exact) mass is 342 g/mol. The fourth-order valence-corrected chi connectivity index (χ4v) is 2.22. The van der Waals surface area contributed by atoms with Crippen LogP contribution in [0.5, 0.6) is 23.0 Å². The van der Waals surface area contributed by atoms with Gasteiger partial charge in [-0.25, -0.2) is 4.79 Å². The van der Waals surface area contributed by atoms with Gasteiger partial charge in [0.2, 0.25) is 0 Å². The summed E-state index contributed by atoms with van der Waals surface area (Å²) in [5, 5.41) is 28.7. The van der Waals surface area contributed by atoms with Crippen LogP contribution in [0, 0.1) is 0 Å². The summed E-state index contributed by atoms with van der Waals surface area (Å²) in [5.41, 5.74) is 1.61. The molecule has 0 bridgehead atoms. The number of methoxy groups -OCH3 is 2. The molecule has 2 aromatic rings. The molecule has 130 valence electrons. The van der Waals surface area contributed by atoms with Gasteiger partial charge in [-0.15, -0.1) is 0 Å². The van der Waals surface area contributed by atoms with Crippen LogP contribution in [0.15, 0.2) is 36.4 Å². The van der Waals surface area contributed by atoms with E-state index in [0.717, 1.165) is 6.08 Å². The Morgan fingerprint density at radius 1 is 0.960 bits per heavy atom. The standard InChI is InChI=1S/C19H18O6/c1-24-14-10-13(15(16(20)11-14)6-8-19(22)23)5-3-12-4-7-18(25-2)17(21)9-12/h3-11,20-21H,1-2H3,(H,22,23). The lowest BCUT2D eigenvalue weighted by molar-refractivity contribution is -0.131. The topological polar surface area (TPSA) is 96.2 Å². The molecule has 2 aromatic carbocycles. The maximum Gasteiger partial charge on any atom is 0.328 e. The van der Waals surface area contributed by atoms with Crippen LogP contribution in [-0.2, 0) is 4.79 Å². The highest BCUT2D eigenvalue weighted by atomic mass is 16.5. The van der Waals surface area contributed by atoms with E-state index >= 15 is 0 Å². The van der Waals surface area contributed by atoms with Crippen molar-refractivity contribution in [2.75, 3.05) is 14.2 Å². The van der Waals surface area contributed by atoms with E-state index in [2.05, 4.69) is 0 Å². The first kappa shape index (κ1) is 17.9. The number of carboxylic acid groups (broad SMARTS) is 1. The highest BCUT2D eigenvalue weighted by Gasteiger charge is 2.08. The minimum absolute atomic E-state index is 0.00383. The Labute approximate surface area is 144 Å². The van der Waals surface area contributed by atoms with Gasteiger partial charge in [0.15, 0.2) is 11.5 Å². The van der Waals surface area contributed by atoms with Gasteiger partial charge < -0.3 is 24.8 Å². The van der Waals surface area contributed by atoms with E-state index in [1.165, 1.54) is 32.4 Å². The van der Waals surface area contributed by atoms with E-state index in [9.17, 15) is 15.0 Å². The number of hydrogen-bond acceptors (Lipinski definition) is 5. The minimum Gasteiger partial charge on any atom is -0.507 e. The molecule has 0 heterocycles. The summed E-state index contributed by atoms with van der Waals surface area (Å²) < 4.78 is 10.1. The second-order valence-corrected chi connectivity index (χ2v) is 5.09. The maximum absolute atomic E-state index is 10.7. The maximum atomic E-state index is 10.7. The number of carboxylic acids is 1. The van der Waals surface area contributed by atoms with Crippen molar-refractivity contribution in [2.24, 2.45) is 0 Å². The number of benzene rings is 2. The second kappa shape index (κ2) is 7.92. The Bertz CT molecular complexity index is 836. The van der Waals surface area contributed by atoms with E-state index in [1.54, 1.807) is 30.4 Å². The van der Waals surface area contributed by atoms with Crippen molar-refractivity contribution in [3.8, 4) is 23.0 Å². The Morgan fingerprint density at radius 2 is 1.72 bits per heavy atom. The van der Waals surface area contributed by atoms with E-state index in [-0.39, 0.29) is 11.5 Å². The molecule has 3 N–H and O–H groups in total. The number of phenolic OH excluding ortho intramolecular Hbond substituents is 2. The predicted octanol–water partition coefficient (Wildman–Crippen LogP) is 3.38. The highest BCUT2D eigenvalue weighted by molar-refractivity contribution is 5.88. The number of ether oxygens (including phenoxy) is 2. The molecule has 0 amide bonds. The molecular weight excluding hydrogens is 324 g/mol. The molecule has 0 unspecified atom stereocenters. The molecule has 0 aliphatic heterocycles. The molecule has 0 aliphatic rings. The molecule has 0 spiro atoms. The predicted molar refractivity (Wildman–Crippen MR) is 94.9 cm³/mol. The Kier molecular flexibility index (Phi) is 5.68. The summed E-state index contributed by atoms with van der Waals surface area (Å²) in [6.45, 7) is 0. The third-order valence-corrected chi connectivity index (χ3v) is 3.45. The fourth-order valence-electron chi connectivity index (χ4n) is 2.22. The second-order valence-electron chi connectivity index (χ2n) is 5.09. The summed E-state index contributed by atoms with van der Waals surface area (Å²) in [7, 11) is 2.93. The molecule has 2 rings (SSSR count). The lowest BCUT2D eigenvalue weighted by Gasteiger charge is -2.08. The number of aliphatic carboxylic acids is 1. The molecule has 0 fully saturated rings. The quantitative estimate of drug-likeness (QED) is 0.550. The lowest BCUT2D eigenvalue weighted by atomic mass is 10.0. The van der Waals surface area contributed by atoms with Crippen molar-refractivity contribution in [3.63, 3.8) is 0 Å². The molecule has 6 nitrogen and oxygen atoms in total. The zero-order valence-corrected chi connectivity index (χ0v) is 13.8. The average molecular weight is 342 g/mol. The molecule has 0 aromatic heterocycles. The van der Waals surface area contributed by atoms with E-state index in [0.29, 0.717) is 28.2 Å². The summed E-state index contributed by atoms with van der Waals surface area (Å²) in [6.07, 6.45) is 5.65. The summed E-state index contributed by atoms with van der Waals surface area (Å²) in [5.74, 6) is -0.424. The van der Waals surface area contributed by atoms with Gasteiger partial charge in [0, 0.05) is 17.7 Å². The molecule has 0 saturated heterocycles. The van der Waals surface area contributed by atoms with Crippen LogP contribution in [0.1, 0.15) is 16.7 Å². The summed E-state index contributed by atoms with van der Waals surface area (Å²) >= 11 is 0. The third kappa shape index (κ3) is 4.54. The largest absolute Gasteiger partial charge is 0.507 e. The zero-order valence-electron chi connectivity index (χ0n) is 13.8. The molecular formula is C19H18O6. The molecule has 0 aliphatic carbocycles. The first-order valence-corrected chi connectivity index (χ1v) is 7.31. The minimum atomic E-state index is -1.12. The van der Waals surface area contributed by atoms with E-state index < -0.39 is 5.97 Å². The molecule has 0 atom stereocenters. The van der Waals surface area contributed by atoms with Gasteiger partial charge in [0.05, 0.1) is 14.2 Å². The van der Waals surface area contributed by atoms with Gasteiger partial charge in [-0.05, 0) is 35.4 Å². The van der Waals surface area contributed by atoms with Crippen molar-refractivity contribution in [1.82, 2.24) is 0 Å². The summed E-state index contributed by atoms with van der Waals surface area (Å²) in [4.78, 5) is 10.7. The SMILES string of the molecule is COc1cc(O)c(C=CC(=O)O)c(C=Cc2ccc(OC)c(O)c2)c1. The molecule has 0 radical (unpaired) electrons. The van der Waals surface area contributed by atoms with Gasteiger partial charge in [-0.2, -0.15) is 0 Å². The van der Waals surface area contributed by atoms with Crippen molar-refractivity contribution >= 4 is 24.2 Å². The number of hydrogen-bond donors (Lipinski definition) is 3. The van der Waals surface area contributed by atoms with Crippen LogP contribution < -0.4 is 9.47 Å². The molecule has 25 heavy (non-hydrogen) atoms. The van der Waals surface area contributed by atoms with Crippen LogP contribution in [0.3, 0.4) is 0 Å². The Balaban J connectivity index is 2.44. The number of rotatable bonds is 6. The number of aromatic hydroxyl groups is 2. The lowest BCUT2D eigenvalue weighted by Crippen LogP contribution is -1.90. The normalized spacial score (nSPS) is 11.1. The van der Waals surface area contributed by atoms with Crippen molar-refractivity contribution in [2.45, 2.75) is 0 Å². The highest BCUT2D eigenvalue weighted by Crippen LogP contribution is 2.31. The van der Waals surface area contributed by atoms with Gasteiger partial charge >= 0.3 is 5.97 Å². The fraction of sp³-hybridized carbons (Fsp3) is 0.105. The van der Waals surface area contributed by atoms with Gasteiger partial charge in [0.1, 0.15) is 11.5 Å². The van der Waals surface area contributed by atoms with Crippen LogP contribution in [0.2, 0.25) is 0 Å². The first-order valence-electron chi connectivity index (χ1n) is 7.31. The number of phenols is 2. The van der Waals surface area contributed by atoms with E-state index in [4.69, 9.17) is 14.6 Å². The van der Waals surface area contributed by atoms with Crippen LogP contribution in [0.25, 0.3) is 18.2 Å². The smallest absolute Gasteiger partial charge is 0.328 e. The van der Waals surface area contributed by atoms with Crippen LogP contribution >= 0.6 is 0 Å². The zero-order chi connectivity index (χ0) is 18.4. The van der Waals surface area contributed by atoms with E-state index in [1.807, 2.05) is 0 Å². The van der Waals surface area contributed by atoms with Gasteiger partial charge in [0.25, 0.3) is 0 Å². The first-order chi connectivity index (χ1) is 11.9. The summed E-state index contributed by atoms with van der Waals surface area (Å²) in [6, 6.07) is 7.98. The third-order valence-electron chi connectivity index (χ3n) is 3.45. The van der Waals surface area contributed by atoms with Crippen molar-refractivity contribution in [1.29, 1.82) is 0 Å².